The predicted molar refractivity (Wildman–Crippen MR) is 119 cm³/mol. The van der Waals surface area contributed by atoms with Crippen LogP contribution in [0, 0.1) is 11.8 Å². The number of phenolic OH excluding ortho intramolecular Hbond substituents is 1. The molecule has 3 fully saturated rings. The van der Waals surface area contributed by atoms with Crippen LogP contribution in [0.5, 0.6) is 5.75 Å². The van der Waals surface area contributed by atoms with Crippen LogP contribution in [0.15, 0.2) is 24.3 Å². The van der Waals surface area contributed by atoms with E-state index in [9.17, 15) is 9.90 Å². The standard InChI is InChI=1S/C25H33NO2.ClH/c1-16-6-7-22-24-13-21-19(10-17(2)27)11-20(28)12-23(21)25(22,14-16)8-9-26(24)15-18-4-3-5-18;/h11-12,18,22,24,28H,1,3-10,13-15H2,2H3;1H/t22-,24+,25-;/m0./s1. The molecule has 3 aliphatic carbocycles. The van der Waals surface area contributed by atoms with Crippen molar-refractivity contribution in [3.8, 4) is 5.75 Å². The average Bonchev–Trinajstić information content (AvgIpc) is 2.59. The van der Waals surface area contributed by atoms with Crippen molar-refractivity contribution >= 4 is 18.2 Å². The van der Waals surface area contributed by atoms with Gasteiger partial charge in [-0.3, -0.25) is 9.69 Å². The van der Waals surface area contributed by atoms with Crippen molar-refractivity contribution in [2.75, 3.05) is 13.1 Å². The number of carbonyl (C=O) groups is 1. The largest absolute Gasteiger partial charge is 0.508 e. The van der Waals surface area contributed by atoms with Gasteiger partial charge in [-0.2, -0.15) is 0 Å². The van der Waals surface area contributed by atoms with E-state index in [1.54, 1.807) is 6.92 Å². The van der Waals surface area contributed by atoms with Crippen LogP contribution < -0.4 is 0 Å². The second-order valence-corrected chi connectivity index (χ2v) is 10.1. The van der Waals surface area contributed by atoms with Gasteiger partial charge in [0.05, 0.1) is 0 Å². The summed E-state index contributed by atoms with van der Waals surface area (Å²) < 4.78 is 0. The number of likely N-dealkylation sites (tertiary alicyclic amines) is 1. The van der Waals surface area contributed by atoms with Crippen LogP contribution in [-0.2, 0) is 23.1 Å². The number of rotatable bonds is 4. The summed E-state index contributed by atoms with van der Waals surface area (Å²) in [5.74, 6) is 2.06. The summed E-state index contributed by atoms with van der Waals surface area (Å²) in [5.41, 5.74) is 5.25. The smallest absolute Gasteiger partial charge is 0.134 e. The van der Waals surface area contributed by atoms with Gasteiger partial charge in [-0.05, 0) is 99.1 Å². The zero-order chi connectivity index (χ0) is 19.5. The highest BCUT2D eigenvalue weighted by Gasteiger charge is 2.55. The minimum absolute atomic E-state index is 0. The number of aromatic hydroxyl groups is 1. The number of phenols is 1. The third-order valence-corrected chi connectivity index (χ3v) is 8.30. The lowest BCUT2D eigenvalue weighted by atomic mass is 9.51. The van der Waals surface area contributed by atoms with E-state index in [-0.39, 0.29) is 23.6 Å². The third kappa shape index (κ3) is 3.45. The molecule has 3 atom stereocenters. The zero-order valence-electron chi connectivity index (χ0n) is 17.6. The Morgan fingerprint density at radius 2 is 2.10 bits per heavy atom. The van der Waals surface area contributed by atoms with Gasteiger partial charge in [-0.1, -0.05) is 18.6 Å². The Bertz CT molecular complexity index is 830. The molecule has 1 aliphatic heterocycles. The molecule has 5 rings (SSSR count). The first-order chi connectivity index (χ1) is 13.5. The minimum atomic E-state index is 0. The van der Waals surface area contributed by atoms with E-state index < -0.39 is 0 Å². The van der Waals surface area contributed by atoms with Gasteiger partial charge in [0.1, 0.15) is 11.5 Å². The Morgan fingerprint density at radius 3 is 2.79 bits per heavy atom. The topological polar surface area (TPSA) is 40.5 Å². The summed E-state index contributed by atoms with van der Waals surface area (Å²) in [6.07, 6.45) is 10.3. The summed E-state index contributed by atoms with van der Waals surface area (Å²) in [5, 5.41) is 10.5. The number of Topliss-reactive ketones (excluding diaryl/α,β-unsaturated/α-hetero) is 1. The van der Waals surface area contributed by atoms with Gasteiger partial charge in [-0.15, -0.1) is 12.4 Å². The third-order valence-electron chi connectivity index (χ3n) is 8.30. The lowest BCUT2D eigenvalue weighted by molar-refractivity contribution is -0.116. The van der Waals surface area contributed by atoms with Crippen molar-refractivity contribution in [2.45, 2.75) is 76.2 Å². The fraction of sp³-hybridized carbons (Fsp3) is 0.640. The highest BCUT2D eigenvalue weighted by atomic mass is 35.5. The summed E-state index contributed by atoms with van der Waals surface area (Å²) in [7, 11) is 0. The number of benzene rings is 1. The van der Waals surface area contributed by atoms with E-state index in [4.69, 9.17) is 0 Å². The molecule has 4 aliphatic rings. The van der Waals surface area contributed by atoms with Crippen LogP contribution in [0.4, 0.5) is 0 Å². The van der Waals surface area contributed by atoms with E-state index in [0.29, 0.717) is 24.1 Å². The van der Waals surface area contributed by atoms with Gasteiger partial charge < -0.3 is 5.11 Å². The molecule has 1 heterocycles. The SMILES string of the molecule is C=C1CC[C@H]2[C@H]3Cc4c(CC(C)=O)cc(O)cc4[C@@]2(CCN3CC2CCC2)C1.Cl. The molecule has 2 saturated carbocycles. The van der Waals surface area contributed by atoms with E-state index in [1.165, 1.54) is 55.5 Å². The zero-order valence-corrected chi connectivity index (χ0v) is 18.4. The summed E-state index contributed by atoms with van der Waals surface area (Å²) in [4.78, 5) is 14.7. The molecule has 1 N–H and O–H groups in total. The monoisotopic (exact) mass is 415 g/mol. The Balaban J connectivity index is 0.00000205. The van der Waals surface area contributed by atoms with E-state index in [1.807, 2.05) is 12.1 Å². The number of halogens is 1. The van der Waals surface area contributed by atoms with Crippen molar-refractivity contribution in [3.63, 3.8) is 0 Å². The molecular formula is C25H34ClNO2. The second-order valence-electron chi connectivity index (χ2n) is 10.1. The lowest BCUT2D eigenvalue weighted by Gasteiger charge is -2.60. The van der Waals surface area contributed by atoms with Crippen molar-refractivity contribution in [1.29, 1.82) is 0 Å². The van der Waals surface area contributed by atoms with E-state index in [0.717, 1.165) is 37.2 Å². The molecule has 1 saturated heterocycles. The molecule has 29 heavy (non-hydrogen) atoms. The van der Waals surface area contributed by atoms with Crippen LogP contribution in [0.2, 0.25) is 0 Å². The molecule has 0 unspecified atom stereocenters. The molecule has 0 amide bonds. The van der Waals surface area contributed by atoms with Gasteiger partial charge in [-0.25, -0.2) is 0 Å². The van der Waals surface area contributed by atoms with Crippen LogP contribution in [0.3, 0.4) is 0 Å². The number of ketones is 1. The minimum Gasteiger partial charge on any atom is -0.508 e. The van der Waals surface area contributed by atoms with Gasteiger partial charge in [0, 0.05) is 24.4 Å². The fourth-order valence-electron chi connectivity index (χ4n) is 6.87. The van der Waals surface area contributed by atoms with Gasteiger partial charge in [0.15, 0.2) is 0 Å². The first-order valence-electron chi connectivity index (χ1n) is 11.2. The van der Waals surface area contributed by atoms with Gasteiger partial charge >= 0.3 is 0 Å². The first kappa shape index (κ1) is 20.9. The normalized spacial score (nSPS) is 31.3. The average molecular weight is 416 g/mol. The number of hydrogen-bond acceptors (Lipinski definition) is 3. The predicted octanol–water partition coefficient (Wildman–Crippen LogP) is 4.97. The number of nitrogens with zero attached hydrogens (tertiary/aromatic N) is 1. The number of fused-ring (bicyclic) bond motifs is 1. The molecule has 0 radical (unpaired) electrons. The van der Waals surface area contributed by atoms with Crippen molar-refractivity contribution in [3.05, 3.63) is 41.0 Å². The Labute approximate surface area is 181 Å². The number of carbonyl (C=O) groups excluding carboxylic acids is 1. The second kappa shape index (κ2) is 7.74. The Morgan fingerprint density at radius 1 is 1.31 bits per heavy atom. The van der Waals surface area contributed by atoms with Gasteiger partial charge in [0.2, 0.25) is 0 Å². The van der Waals surface area contributed by atoms with Crippen molar-refractivity contribution in [1.82, 2.24) is 4.90 Å². The fourth-order valence-corrected chi connectivity index (χ4v) is 6.87. The van der Waals surface area contributed by atoms with Crippen LogP contribution in [0.25, 0.3) is 0 Å². The lowest BCUT2D eigenvalue weighted by Crippen LogP contribution is -2.62. The van der Waals surface area contributed by atoms with Crippen LogP contribution >= 0.6 is 12.4 Å². The molecular weight excluding hydrogens is 382 g/mol. The summed E-state index contributed by atoms with van der Waals surface area (Å²) >= 11 is 0. The maximum absolute atomic E-state index is 11.9. The molecule has 0 aromatic heterocycles. The number of allylic oxidation sites excluding steroid dienone is 1. The highest BCUT2D eigenvalue weighted by molar-refractivity contribution is 5.85. The van der Waals surface area contributed by atoms with Crippen molar-refractivity contribution in [2.24, 2.45) is 11.8 Å². The molecule has 2 bridgehead atoms. The first-order valence-corrected chi connectivity index (χ1v) is 11.2. The quantitative estimate of drug-likeness (QED) is 0.705. The summed E-state index contributed by atoms with van der Waals surface area (Å²) in [6.45, 7) is 8.46. The van der Waals surface area contributed by atoms with Gasteiger partial charge in [0.25, 0.3) is 0 Å². The molecule has 158 valence electrons. The van der Waals surface area contributed by atoms with E-state index >= 15 is 0 Å². The maximum Gasteiger partial charge on any atom is 0.134 e. The molecule has 1 aromatic carbocycles. The molecule has 4 heteroatoms. The molecule has 3 nitrogen and oxygen atoms in total. The summed E-state index contributed by atoms with van der Waals surface area (Å²) in [6, 6.07) is 4.47. The van der Waals surface area contributed by atoms with E-state index in [2.05, 4.69) is 11.5 Å². The Kier molecular flexibility index (Phi) is 5.59. The van der Waals surface area contributed by atoms with Crippen molar-refractivity contribution < 1.29 is 9.90 Å². The molecule has 1 aromatic rings. The maximum atomic E-state index is 11.9. The van der Waals surface area contributed by atoms with Crippen LogP contribution in [-0.4, -0.2) is 34.9 Å². The number of hydrogen-bond donors (Lipinski definition) is 1. The highest BCUT2D eigenvalue weighted by Crippen LogP contribution is 2.57. The Hall–Kier alpha value is -1.32. The number of piperidine rings is 1. The van der Waals surface area contributed by atoms with Crippen LogP contribution in [0.1, 0.15) is 68.6 Å². The molecule has 0 spiro atoms.